The Bertz CT molecular complexity index is 457. The van der Waals surface area contributed by atoms with Gasteiger partial charge in [-0.25, -0.2) is 0 Å². The van der Waals surface area contributed by atoms with Gasteiger partial charge in [0.15, 0.2) is 0 Å². The Morgan fingerprint density at radius 3 is 2.86 bits per heavy atom. The third-order valence-corrected chi connectivity index (χ3v) is 3.13. The zero-order chi connectivity index (χ0) is 10.1. The molecule has 0 bridgehead atoms. The maximum atomic E-state index is 2.28. The van der Waals surface area contributed by atoms with Crippen LogP contribution in [0.3, 0.4) is 0 Å². The van der Waals surface area contributed by atoms with E-state index in [4.69, 9.17) is 0 Å². The molecule has 0 saturated heterocycles. The highest BCUT2D eigenvalue weighted by molar-refractivity contribution is 7.97. The van der Waals surface area contributed by atoms with Crippen LogP contribution < -0.4 is 0 Å². The monoisotopic (exact) mass is 205 g/mol. The van der Waals surface area contributed by atoms with Gasteiger partial charge in [-0.15, -0.1) is 0 Å². The molecular weight excluding hydrogens is 190 g/mol. The van der Waals surface area contributed by atoms with Crippen LogP contribution in [0.1, 0.15) is 11.1 Å². The van der Waals surface area contributed by atoms with Gasteiger partial charge < -0.3 is 4.57 Å². The maximum absolute atomic E-state index is 2.28. The molecular formula is C12H15NS. The van der Waals surface area contributed by atoms with Crippen molar-refractivity contribution in [1.82, 2.24) is 4.57 Å². The minimum atomic E-state index is 1.10. The Hall–Kier alpha value is -0.890. The molecule has 0 radical (unpaired) electrons. The Kier molecular flexibility index (Phi) is 2.55. The third kappa shape index (κ3) is 1.55. The van der Waals surface area contributed by atoms with Crippen LogP contribution in [-0.2, 0) is 12.8 Å². The summed E-state index contributed by atoms with van der Waals surface area (Å²) < 4.78 is 2.21. The largest absolute Gasteiger partial charge is 0.350 e. The minimum absolute atomic E-state index is 1.10. The summed E-state index contributed by atoms with van der Waals surface area (Å²) in [4.78, 5) is 0. The second kappa shape index (κ2) is 3.70. The van der Waals surface area contributed by atoms with Crippen LogP contribution in [0.15, 0.2) is 24.4 Å². The summed E-state index contributed by atoms with van der Waals surface area (Å²) in [5, 5.41) is 1.40. The van der Waals surface area contributed by atoms with E-state index in [1.807, 2.05) is 11.8 Å². The number of hydrogen-bond acceptors (Lipinski definition) is 1. The van der Waals surface area contributed by atoms with Gasteiger partial charge in [0.25, 0.3) is 0 Å². The standard InChI is InChI=1S/C12H15NS/c1-9-4-5-12-11(6-9)10(8-14-3)7-13(12)2/h4-7H,8H2,1-3H3. The highest BCUT2D eigenvalue weighted by Gasteiger charge is 2.05. The molecule has 0 unspecified atom stereocenters. The molecule has 2 rings (SSSR count). The molecule has 0 atom stereocenters. The fourth-order valence-electron chi connectivity index (χ4n) is 1.86. The summed E-state index contributed by atoms with van der Waals surface area (Å²) in [6.45, 7) is 2.15. The van der Waals surface area contributed by atoms with E-state index in [9.17, 15) is 0 Å². The molecule has 0 aliphatic rings. The van der Waals surface area contributed by atoms with Crippen molar-refractivity contribution in [1.29, 1.82) is 0 Å². The van der Waals surface area contributed by atoms with Gasteiger partial charge in [-0.1, -0.05) is 11.6 Å². The first-order valence-corrected chi connectivity index (χ1v) is 6.15. The molecule has 0 aliphatic carbocycles. The van der Waals surface area contributed by atoms with Crippen molar-refractivity contribution in [3.8, 4) is 0 Å². The van der Waals surface area contributed by atoms with Gasteiger partial charge in [0.2, 0.25) is 0 Å². The molecule has 1 heterocycles. The van der Waals surface area contributed by atoms with Crippen molar-refractivity contribution in [2.45, 2.75) is 12.7 Å². The van der Waals surface area contributed by atoms with E-state index >= 15 is 0 Å². The molecule has 74 valence electrons. The minimum Gasteiger partial charge on any atom is -0.350 e. The van der Waals surface area contributed by atoms with E-state index in [-0.39, 0.29) is 0 Å². The Morgan fingerprint density at radius 2 is 2.14 bits per heavy atom. The van der Waals surface area contributed by atoms with Crippen LogP contribution in [0.5, 0.6) is 0 Å². The van der Waals surface area contributed by atoms with E-state index in [0.717, 1.165) is 5.75 Å². The lowest BCUT2D eigenvalue weighted by atomic mass is 10.1. The van der Waals surface area contributed by atoms with E-state index < -0.39 is 0 Å². The zero-order valence-corrected chi connectivity index (χ0v) is 9.69. The van der Waals surface area contributed by atoms with Crippen molar-refractivity contribution >= 4 is 22.7 Å². The van der Waals surface area contributed by atoms with Gasteiger partial charge in [0, 0.05) is 29.9 Å². The number of rotatable bonds is 2. The predicted octanol–water partition coefficient (Wildman–Crippen LogP) is 3.35. The van der Waals surface area contributed by atoms with Gasteiger partial charge in [-0.3, -0.25) is 0 Å². The lowest BCUT2D eigenvalue weighted by Gasteiger charge is -1.97. The van der Waals surface area contributed by atoms with E-state index in [1.54, 1.807) is 0 Å². The van der Waals surface area contributed by atoms with Crippen LogP contribution in [0.25, 0.3) is 10.9 Å². The summed E-state index contributed by atoms with van der Waals surface area (Å²) in [5.74, 6) is 1.10. The molecule has 2 aromatic rings. The first-order chi connectivity index (χ1) is 6.72. The normalized spacial score (nSPS) is 11.1. The summed E-state index contributed by atoms with van der Waals surface area (Å²) in [6.07, 6.45) is 4.38. The molecule has 2 heteroatoms. The molecule has 0 N–H and O–H groups in total. The summed E-state index contributed by atoms with van der Waals surface area (Å²) in [5.41, 5.74) is 4.12. The second-order valence-corrected chi connectivity index (χ2v) is 4.58. The Balaban J connectivity index is 2.66. The smallest absolute Gasteiger partial charge is 0.0481 e. The topological polar surface area (TPSA) is 4.93 Å². The lowest BCUT2D eigenvalue weighted by Crippen LogP contribution is -1.82. The number of thioether (sulfide) groups is 1. The van der Waals surface area contributed by atoms with Gasteiger partial charge >= 0.3 is 0 Å². The molecule has 1 aromatic heterocycles. The predicted molar refractivity (Wildman–Crippen MR) is 64.9 cm³/mol. The average Bonchev–Trinajstić information content (AvgIpc) is 2.44. The van der Waals surface area contributed by atoms with Crippen molar-refractivity contribution in [2.75, 3.05) is 6.26 Å². The molecule has 0 saturated carbocycles. The van der Waals surface area contributed by atoms with Gasteiger partial charge in [0.1, 0.15) is 0 Å². The Labute approximate surface area is 89.1 Å². The van der Waals surface area contributed by atoms with Gasteiger partial charge in [-0.05, 0) is 30.9 Å². The van der Waals surface area contributed by atoms with Gasteiger partial charge in [-0.2, -0.15) is 11.8 Å². The van der Waals surface area contributed by atoms with Crippen molar-refractivity contribution in [3.63, 3.8) is 0 Å². The average molecular weight is 205 g/mol. The second-order valence-electron chi connectivity index (χ2n) is 3.72. The molecule has 0 spiro atoms. The first-order valence-electron chi connectivity index (χ1n) is 4.76. The summed E-state index contributed by atoms with van der Waals surface area (Å²) >= 11 is 1.88. The fraction of sp³-hybridized carbons (Fsp3) is 0.333. The van der Waals surface area contributed by atoms with Crippen LogP contribution >= 0.6 is 11.8 Å². The number of aryl methyl sites for hydroxylation is 2. The molecule has 1 aromatic carbocycles. The van der Waals surface area contributed by atoms with E-state index in [0.29, 0.717) is 0 Å². The van der Waals surface area contributed by atoms with Crippen LogP contribution in [0.4, 0.5) is 0 Å². The molecule has 14 heavy (non-hydrogen) atoms. The third-order valence-electron chi connectivity index (χ3n) is 2.53. The van der Waals surface area contributed by atoms with Crippen LogP contribution in [0.2, 0.25) is 0 Å². The number of fused-ring (bicyclic) bond motifs is 1. The van der Waals surface area contributed by atoms with E-state index in [2.05, 4.69) is 49.2 Å². The molecule has 0 amide bonds. The zero-order valence-electron chi connectivity index (χ0n) is 8.87. The number of nitrogens with zero attached hydrogens (tertiary/aromatic N) is 1. The fourth-order valence-corrected chi connectivity index (χ4v) is 2.40. The maximum Gasteiger partial charge on any atom is 0.0481 e. The summed E-state index contributed by atoms with van der Waals surface area (Å²) in [7, 11) is 2.11. The van der Waals surface area contributed by atoms with Crippen molar-refractivity contribution in [3.05, 3.63) is 35.5 Å². The first kappa shape index (κ1) is 9.66. The highest BCUT2D eigenvalue weighted by Crippen LogP contribution is 2.24. The molecule has 0 fully saturated rings. The molecule has 0 aliphatic heterocycles. The Morgan fingerprint density at radius 1 is 1.36 bits per heavy atom. The quantitative estimate of drug-likeness (QED) is 0.728. The summed E-state index contributed by atoms with van der Waals surface area (Å²) in [6, 6.07) is 6.65. The number of benzene rings is 1. The van der Waals surface area contributed by atoms with E-state index in [1.165, 1.54) is 22.0 Å². The lowest BCUT2D eigenvalue weighted by molar-refractivity contribution is 0.963. The van der Waals surface area contributed by atoms with Crippen molar-refractivity contribution in [2.24, 2.45) is 7.05 Å². The highest BCUT2D eigenvalue weighted by atomic mass is 32.2. The van der Waals surface area contributed by atoms with Crippen LogP contribution in [-0.4, -0.2) is 10.8 Å². The molecule has 1 nitrogen and oxygen atoms in total. The van der Waals surface area contributed by atoms with Crippen molar-refractivity contribution < 1.29 is 0 Å². The number of hydrogen-bond donors (Lipinski definition) is 0. The SMILES string of the molecule is CSCc1cn(C)c2ccc(C)cc12. The number of aromatic nitrogens is 1. The van der Waals surface area contributed by atoms with Crippen LogP contribution in [0, 0.1) is 6.92 Å². The van der Waals surface area contributed by atoms with Gasteiger partial charge in [0.05, 0.1) is 0 Å².